The fraction of sp³-hybridized carbons (Fsp3) is 0.700. The molecule has 1 saturated heterocycles. The van der Waals surface area contributed by atoms with Gasteiger partial charge < -0.3 is 15.1 Å². The van der Waals surface area contributed by atoms with Crippen LogP contribution in [0.4, 0.5) is 15.8 Å². The highest BCUT2D eigenvalue weighted by atomic mass is 28.4. The number of nitrogens with zero attached hydrogens (tertiary/aromatic N) is 1. The van der Waals surface area contributed by atoms with E-state index in [0.29, 0.717) is 11.6 Å². The summed E-state index contributed by atoms with van der Waals surface area (Å²) in [5, 5.41) is 0.151. The summed E-state index contributed by atoms with van der Waals surface area (Å²) in [5.74, 6) is 0.526. The van der Waals surface area contributed by atoms with Gasteiger partial charge in [-0.1, -0.05) is 40.0 Å². The van der Waals surface area contributed by atoms with E-state index in [4.69, 9.17) is 10.2 Å². The van der Waals surface area contributed by atoms with Crippen molar-refractivity contribution in [2.75, 3.05) is 17.2 Å². The molecule has 140 valence electrons. The number of benzene rings is 1. The minimum Gasteiger partial charge on any atom is -0.398 e. The molecule has 1 aliphatic heterocycles. The number of nitrogen functional groups attached to an aromatic ring is 1. The lowest BCUT2D eigenvalue weighted by Crippen LogP contribution is -2.56. The standard InChI is InChI=1S/C20H33FN2OSi/c1-20(2,3)25(4,5)24-19-9-10-23(19)18-13-17(22)15(12-16(18)21)11-14-7-6-8-14/h12-14,19H,6-11,22H2,1-5H3. The number of anilines is 2. The summed E-state index contributed by atoms with van der Waals surface area (Å²) in [6, 6.07) is 3.48. The van der Waals surface area contributed by atoms with Gasteiger partial charge in [0.15, 0.2) is 8.32 Å². The van der Waals surface area contributed by atoms with E-state index in [1.165, 1.54) is 19.3 Å². The molecule has 5 heteroatoms. The van der Waals surface area contributed by atoms with Crippen LogP contribution in [0, 0.1) is 11.7 Å². The van der Waals surface area contributed by atoms with Crippen LogP contribution in [0.1, 0.15) is 52.0 Å². The number of hydrogen-bond acceptors (Lipinski definition) is 3. The molecule has 0 aromatic heterocycles. The van der Waals surface area contributed by atoms with Crippen LogP contribution in [0.3, 0.4) is 0 Å². The summed E-state index contributed by atoms with van der Waals surface area (Å²) in [6.07, 6.45) is 5.63. The molecule has 1 atom stereocenters. The van der Waals surface area contributed by atoms with Gasteiger partial charge in [-0.25, -0.2) is 4.39 Å². The average molecular weight is 365 g/mol. The average Bonchev–Trinajstić information content (AvgIpc) is 2.42. The summed E-state index contributed by atoms with van der Waals surface area (Å²) >= 11 is 0. The van der Waals surface area contributed by atoms with Gasteiger partial charge in [0, 0.05) is 18.7 Å². The summed E-state index contributed by atoms with van der Waals surface area (Å²) in [4.78, 5) is 2.04. The lowest BCUT2D eigenvalue weighted by molar-refractivity contribution is 0.121. The Morgan fingerprint density at radius 2 is 1.92 bits per heavy atom. The largest absolute Gasteiger partial charge is 0.398 e. The molecule has 3 rings (SSSR count). The maximum atomic E-state index is 14.8. The summed E-state index contributed by atoms with van der Waals surface area (Å²) in [7, 11) is -1.87. The molecule has 0 bridgehead atoms. The van der Waals surface area contributed by atoms with Gasteiger partial charge in [-0.3, -0.25) is 0 Å². The molecule has 1 unspecified atom stereocenters. The highest BCUT2D eigenvalue weighted by molar-refractivity contribution is 6.74. The SMILES string of the molecule is CC(C)(C)[Si](C)(C)OC1CCN1c1cc(N)c(CC2CCC2)cc1F. The van der Waals surface area contributed by atoms with Crippen molar-refractivity contribution in [2.24, 2.45) is 5.92 Å². The number of hydrogen-bond donors (Lipinski definition) is 1. The van der Waals surface area contributed by atoms with Gasteiger partial charge in [-0.05, 0) is 48.2 Å². The van der Waals surface area contributed by atoms with Crippen LogP contribution in [-0.4, -0.2) is 21.1 Å². The molecule has 1 aliphatic carbocycles. The van der Waals surface area contributed by atoms with Crippen molar-refractivity contribution < 1.29 is 8.82 Å². The zero-order valence-electron chi connectivity index (χ0n) is 16.4. The Morgan fingerprint density at radius 3 is 2.40 bits per heavy atom. The maximum absolute atomic E-state index is 14.8. The van der Waals surface area contributed by atoms with E-state index >= 15 is 0 Å². The number of halogens is 1. The molecule has 0 radical (unpaired) electrons. The lowest BCUT2D eigenvalue weighted by atomic mass is 9.80. The molecular weight excluding hydrogens is 331 g/mol. The summed E-state index contributed by atoms with van der Waals surface area (Å²) in [6.45, 7) is 12.0. The van der Waals surface area contributed by atoms with Gasteiger partial charge >= 0.3 is 0 Å². The van der Waals surface area contributed by atoms with Gasteiger partial charge in [0.2, 0.25) is 0 Å². The molecule has 3 nitrogen and oxygen atoms in total. The second-order valence-corrected chi connectivity index (χ2v) is 14.1. The first-order chi connectivity index (χ1) is 11.6. The second-order valence-electron chi connectivity index (χ2n) is 9.32. The third kappa shape index (κ3) is 3.72. The smallest absolute Gasteiger partial charge is 0.194 e. The minimum atomic E-state index is -1.87. The van der Waals surface area contributed by atoms with Crippen molar-refractivity contribution in [1.29, 1.82) is 0 Å². The zero-order chi connectivity index (χ0) is 18.4. The Bertz CT molecular complexity index is 637. The van der Waals surface area contributed by atoms with Gasteiger partial charge in [-0.2, -0.15) is 0 Å². The predicted octanol–water partition coefficient (Wildman–Crippen LogP) is 5.31. The van der Waals surface area contributed by atoms with Crippen molar-refractivity contribution in [3.8, 4) is 0 Å². The third-order valence-corrected chi connectivity index (χ3v) is 10.9. The fourth-order valence-electron chi connectivity index (χ4n) is 3.30. The van der Waals surface area contributed by atoms with Crippen molar-refractivity contribution in [2.45, 2.75) is 77.2 Å². The van der Waals surface area contributed by atoms with Crippen LogP contribution < -0.4 is 10.6 Å². The van der Waals surface area contributed by atoms with E-state index < -0.39 is 8.32 Å². The molecule has 1 saturated carbocycles. The fourth-order valence-corrected chi connectivity index (χ4v) is 4.58. The first kappa shape index (κ1) is 18.7. The van der Waals surface area contributed by atoms with Crippen molar-refractivity contribution in [3.63, 3.8) is 0 Å². The van der Waals surface area contributed by atoms with Gasteiger partial charge in [0.1, 0.15) is 12.0 Å². The van der Waals surface area contributed by atoms with Crippen LogP contribution in [-0.2, 0) is 10.8 Å². The van der Waals surface area contributed by atoms with Crippen LogP contribution in [0.15, 0.2) is 12.1 Å². The van der Waals surface area contributed by atoms with Crippen LogP contribution >= 0.6 is 0 Å². The third-order valence-electron chi connectivity index (χ3n) is 6.45. The van der Waals surface area contributed by atoms with Gasteiger partial charge in [0.05, 0.1) is 5.69 Å². The molecule has 2 aliphatic rings. The quantitative estimate of drug-likeness (QED) is 0.568. The molecule has 25 heavy (non-hydrogen) atoms. The Morgan fingerprint density at radius 1 is 1.24 bits per heavy atom. The Hall–Kier alpha value is -1.07. The second kappa shape index (κ2) is 6.58. The van der Waals surface area contributed by atoms with Crippen molar-refractivity contribution >= 4 is 19.7 Å². The molecule has 0 amide bonds. The normalized spacial score (nSPS) is 21.8. The van der Waals surface area contributed by atoms with Crippen LogP contribution in [0.5, 0.6) is 0 Å². The molecule has 1 aromatic carbocycles. The molecule has 1 aromatic rings. The van der Waals surface area contributed by atoms with E-state index in [0.717, 1.165) is 30.6 Å². The summed E-state index contributed by atoms with van der Waals surface area (Å²) in [5.41, 5.74) is 8.54. The topological polar surface area (TPSA) is 38.5 Å². The molecular formula is C20H33FN2OSi. The van der Waals surface area contributed by atoms with Crippen LogP contribution in [0.25, 0.3) is 0 Å². The lowest BCUT2D eigenvalue weighted by Gasteiger charge is -2.49. The molecule has 0 spiro atoms. The Balaban J connectivity index is 1.74. The monoisotopic (exact) mass is 364 g/mol. The van der Waals surface area contributed by atoms with Crippen molar-refractivity contribution in [1.82, 2.24) is 0 Å². The maximum Gasteiger partial charge on any atom is 0.194 e. The Labute approximate surface area is 152 Å². The van der Waals surface area contributed by atoms with E-state index in [1.54, 1.807) is 6.07 Å². The number of nitrogens with two attached hydrogens (primary N) is 1. The van der Waals surface area contributed by atoms with E-state index in [1.807, 2.05) is 11.0 Å². The highest BCUT2D eigenvalue weighted by Crippen LogP contribution is 2.41. The summed E-state index contributed by atoms with van der Waals surface area (Å²) < 4.78 is 21.3. The Kier molecular flexibility index (Phi) is 4.93. The number of rotatable bonds is 5. The zero-order valence-corrected chi connectivity index (χ0v) is 17.4. The van der Waals surface area contributed by atoms with E-state index in [2.05, 4.69) is 33.9 Å². The van der Waals surface area contributed by atoms with Gasteiger partial charge in [0.25, 0.3) is 0 Å². The minimum absolute atomic E-state index is 0.0210. The molecule has 2 fully saturated rings. The highest BCUT2D eigenvalue weighted by Gasteiger charge is 2.43. The molecule has 2 N–H and O–H groups in total. The molecule has 1 heterocycles. The first-order valence-electron chi connectivity index (χ1n) is 9.61. The first-order valence-corrected chi connectivity index (χ1v) is 12.5. The van der Waals surface area contributed by atoms with E-state index in [9.17, 15) is 4.39 Å². The van der Waals surface area contributed by atoms with Gasteiger partial charge in [-0.15, -0.1) is 0 Å². The van der Waals surface area contributed by atoms with Crippen LogP contribution in [0.2, 0.25) is 18.1 Å². The predicted molar refractivity (Wildman–Crippen MR) is 106 cm³/mol. The van der Waals surface area contributed by atoms with E-state index in [-0.39, 0.29) is 17.1 Å². The van der Waals surface area contributed by atoms with Crippen molar-refractivity contribution in [3.05, 3.63) is 23.5 Å².